The summed E-state index contributed by atoms with van der Waals surface area (Å²) in [4.78, 5) is 3.91. The van der Waals surface area contributed by atoms with Crippen molar-refractivity contribution in [2.45, 2.75) is 31.9 Å². The fourth-order valence-electron chi connectivity index (χ4n) is 2.03. The van der Waals surface area contributed by atoms with Crippen molar-refractivity contribution in [3.05, 3.63) is 46.5 Å². The molecule has 6 heteroatoms. The smallest absolute Gasteiger partial charge is 0.137 e. The Bertz CT molecular complexity index is 529. The summed E-state index contributed by atoms with van der Waals surface area (Å²) in [6.07, 6.45) is 3.98. The fraction of sp³-hybridized carbons (Fsp3) is 0.385. The summed E-state index contributed by atoms with van der Waals surface area (Å²) < 4.78 is 1.67. The van der Waals surface area contributed by atoms with Crippen molar-refractivity contribution in [2.75, 3.05) is 0 Å². The third-order valence-electron chi connectivity index (χ3n) is 3.07. The Morgan fingerprint density at radius 1 is 1.37 bits per heavy atom. The van der Waals surface area contributed by atoms with E-state index in [1.165, 1.54) is 6.33 Å². The van der Waals surface area contributed by atoms with Crippen molar-refractivity contribution < 1.29 is 5.11 Å². The zero-order valence-corrected chi connectivity index (χ0v) is 12.0. The number of aliphatic hydroxyl groups excluding tert-OH is 1. The highest BCUT2D eigenvalue weighted by atomic mass is 35.5. The van der Waals surface area contributed by atoms with Gasteiger partial charge in [-0.3, -0.25) is 0 Å². The number of halogens is 2. The molecule has 1 N–H and O–H groups in total. The molecule has 19 heavy (non-hydrogen) atoms. The fourth-order valence-corrected chi connectivity index (χ4v) is 2.44. The van der Waals surface area contributed by atoms with Crippen LogP contribution in [-0.4, -0.2) is 26.0 Å². The van der Waals surface area contributed by atoms with Crippen molar-refractivity contribution in [3.8, 4) is 0 Å². The van der Waals surface area contributed by atoms with Gasteiger partial charge in [-0.2, -0.15) is 5.10 Å². The van der Waals surface area contributed by atoms with Gasteiger partial charge in [-0.15, -0.1) is 0 Å². The minimum Gasteiger partial charge on any atom is -0.391 e. The highest BCUT2D eigenvalue weighted by Crippen LogP contribution is 2.28. The molecule has 2 atom stereocenters. The van der Waals surface area contributed by atoms with E-state index in [-0.39, 0.29) is 6.04 Å². The standard InChI is InChI=1S/C13H15Cl2N3O/c1-9(19)12(18-8-16-7-17-18)6-5-10-3-2-4-11(14)13(10)15/h2-4,7-9,12,19H,5-6H2,1H3. The molecule has 1 aromatic carbocycles. The molecule has 0 spiro atoms. The normalized spacial score (nSPS) is 14.3. The van der Waals surface area contributed by atoms with Gasteiger partial charge in [0.15, 0.2) is 0 Å². The maximum atomic E-state index is 9.84. The van der Waals surface area contributed by atoms with Crippen molar-refractivity contribution in [1.82, 2.24) is 14.8 Å². The summed E-state index contributed by atoms with van der Waals surface area (Å²) in [5.74, 6) is 0. The Labute approximate surface area is 122 Å². The number of nitrogens with zero attached hydrogens (tertiary/aromatic N) is 3. The Balaban J connectivity index is 2.09. The van der Waals surface area contributed by atoms with E-state index in [9.17, 15) is 5.11 Å². The molecule has 0 aliphatic carbocycles. The number of aryl methyl sites for hydroxylation is 1. The number of rotatable bonds is 5. The van der Waals surface area contributed by atoms with Crippen LogP contribution in [0.5, 0.6) is 0 Å². The summed E-state index contributed by atoms with van der Waals surface area (Å²) in [7, 11) is 0. The molecule has 0 fully saturated rings. The summed E-state index contributed by atoms with van der Waals surface area (Å²) in [5, 5.41) is 15.0. The number of aliphatic hydroxyl groups is 1. The lowest BCUT2D eigenvalue weighted by molar-refractivity contribution is 0.117. The molecule has 1 heterocycles. The largest absolute Gasteiger partial charge is 0.391 e. The molecule has 4 nitrogen and oxygen atoms in total. The van der Waals surface area contributed by atoms with Crippen LogP contribution in [0.4, 0.5) is 0 Å². The van der Waals surface area contributed by atoms with Gasteiger partial charge in [-0.05, 0) is 31.4 Å². The van der Waals surface area contributed by atoms with E-state index in [1.54, 1.807) is 24.0 Å². The topological polar surface area (TPSA) is 50.9 Å². The molecule has 0 saturated heterocycles. The van der Waals surface area contributed by atoms with Crippen LogP contribution in [0.1, 0.15) is 24.9 Å². The molecule has 2 unspecified atom stereocenters. The minimum absolute atomic E-state index is 0.127. The first-order chi connectivity index (χ1) is 9.09. The van der Waals surface area contributed by atoms with Gasteiger partial charge in [0.25, 0.3) is 0 Å². The SMILES string of the molecule is CC(O)C(CCc1cccc(Cl)c1Cl)n1cncn1. The molecule has 0 aliphatic heterocycles. The van der Waals surface area contributed by atoms with Crippen LogP contribution in [-0.2, 0) is 6.42 Å². The quantitative estimate of drug-likeness (QED) is 0.923. The van der Waals surface area contributed by atoms with E-state index in [0.717, 1.165) is 12.0 Å². The zero-order chi connectivity index (χ0) is 13.8. The van der Waals surface area contributed by atoms with Crippen LogP contribution < -0.4 is 0 Å². The summed E-state index contributed by atoms with van der Waals surface area (Å²) in [6.45, 7) is 1.74. The van der Waals surface area contributed by atoms with Crippen LogP contribution in [0.15, 0.2) is 30.9 Å². The van der Waals surface area contributed by atoms with E-state index >= 15 is 0 Å². The molecule has 0 aliphatic rings. The van der Waals surface area contributed by atoms with Gasteiger partial charge in [-0.25, -0.2) is 9.67 Å². The van der Waals surface area contributed by atoms with Crippen LogP contribution >= 0.6 is 23.2 Å². The van der Waals surface area contributed by atoms with Crippen LogP contribution in [0.3, 0.4) is 0 Å². The Morgan fingerprint density at radius 2 is 2.16 bits per heavy atom. The average Bonchev–Trinajstić information content (AvgIpc) is 2.88. The van der Waals surface area contributed by atoms with E-state index in [2.05, 4.69) is 10.1 Å². The first-order valence-electron chi connectivity index (χ1n) is 6.04. The third-order valence-corrected chi connectivity index (χ3v) is 3.93. The number of benzene rings is 1. The van der Waals surface area contributed by atoms with Gasteiger partial charge < -0.3 is 5.11 Å². The second kappa shape index (κ2) is 6.37. The first-order valence-corrected chi connectivity index (χ1v) is 6.80. The Kier molecular flexibility index (Phi) is 4.80. The number of hydrogen-bond donors (Lipinski definition) is 1. The van der Waals surface area contributed by atoms with Crippen LogP contribution in [0, 0.1) is 0 Å². The Hall–Kier alpha value is -1.10. The molecule has 0 bridgehead atoms. The molecule has 2 aromatic rings. The number of hydrogen-bond acceptors (Lipinski definition) is 3. The molecule has 1 aromatic heterocycles. The van der Waals surface area contributed by atoms with E-state index in [4.69, 9.17) is 23.2 Å². The third kappa shape index (κ3) is 3.47. The van der Waals surface area contributed by atoms with Crippen LogP contribution in [0.2, 0.25) is 10.0 Å². The van der Waals surface area contributed by atoms with Crippen molar-refractivity contribution in [2.24, 2.45) is 0 Å². The zero-order valence-electron chi connectivity index (χ0n) is 10.5. The summed E-state index contributed by atoms with van der Waals surface area (Å²) in [6, 6.07) is 5.44. The lowest BCUT2D eigenvalue weighted by Gasteiger charge is -2.20. The molecule has 0 amide bonds. The Morgan fingerprint density at radius 3 is 2.79 bits per heavy atom. The highest BCUT2D eigenvalue weighted by Gasteiger charge is 2.18. The van der Waals surface area contributed by atoms with Gasteiger partial charge in [-0.1, -0.05) is 35.3 Å². The van der Waals surface area contributed by atoms with E-state index in [0.29, 0.717) is 16.5 Å². The molecule has 0 radical (unpaired) electrons. The van der Waals surface area contributed by atoms with E-state index < -0.39 is 6.10 Å². The van der Waals surface area contributed by atoms with Gasteiger partial charge in [0.1, 0.15) is 12.7 Å². The molecule has 0 saturated carbocycles. The van der Waals surface area contributed by atoms with Gasteiger partial charge in [0.2, 0.25) is 0 Å². The van der Waals surface area contributed by atoms with Crippen LogP contribution in [0.25, 0.3) is 0 Å². The van der Waals surface area contributed by atoms with Crippen molar-refractivity contribution in [3.63, 3.8) is 0 Å². The van der Waals surface area contributed by atoms with Gasteiger partial charge >= 0.3 is 0 Å². The maximum Gasteiger partial charge on any atom is 0.137 e. The second-order valence-corrected chi connectivity index (χ2v) is 5.22. The molecule has 102 valence electrons. The van der Waals surface area contributed by atoms with Gasteiger partial charge in [0, 0.05) is 0 Å². The van der Waals surface area contributed by atoms with Gasteiger partial charge in [0.05, 0.1) is 22.2 Å². The minimum atomic E-state index is -0.514. The second-order valence-electron chi connectivity index (χ2n) is 4.44. The summed E-state index contributed by atoms with van der Waals surface area (Å²) in [5.41, 5.74) is 0.972. The maximum absolute atomic E-state index is 9.84. The van der Waals surface area contributed by atoms with Crippen molar-refractivity contribution >= 4 is 23.2 Å². The first kappa shape index (κ1) is 14.3. The van der Waals surface area contributed by atoms with E-state index in [1.807, 2.05) is 12.1 Å². The molecular formula is C13H15Cl2N3O. The highest BCUT2D eigenvalue weighted by molar-refractivity contribution is 6.42. The average molecular weight is 300 g/mol. The predicted molar refractivity (Wildman–Crippen MR) is 75.5 cm³/mol. The molecule has 2 rings (SSSR count). The van der Waals surface area contributed by atoms with Crippen molar-refractivity contribution in [1.29, 1.82) is 0 Å². The number of aromatic nitrogens is 3. The monoisotopic (exact) mass is 299 g/mol. The lowest BCUT2D eigenvalue weighted by Crippen LogP contribution is -2.22. The predicted octanol–water partition coefficient (Wildman–Crippen LogP) is 3.14. The summed E-state index contributed by atoms with van der Waals surface area (Å²) >= 11 is 12.1. The lowest BCUT2D eigenvalue weighted by atomic mass is 10.0. The molecular weight excluding hydrogens is 285 g/mol.